The highest BCUT2D eigenvalue weighted by Gasteiger charge is 2.11. The highest BCUT2D eigenvalue weighted by atomic mass is 16.3. The molecule has 2 aromatic heterocycles. The summed E-state index contributed by atoms with van der Waals surface area (Å²) in [6.07, 6.45) is 1.83. The van der Waals surface area contributed by atoms with Crippen molar-refractivity contribution in [3.8, 4) is 11.1 Å². The largest absolute Gasteiger partial charge is 0.441 e. The maximum absolute atomic E-state index is 5.76. The van der Waals surface area contributed by atoms with Crippen molar-refractivity contribution in [1.82, 2.24) is 14.8 Å². The molecule has 0 aliphatic heterocycles. The molecule has 0 saturated heterocycles. The van der Waals surface area contributed by atoms with Crippen molar-refractivity contribution >= 4 is 11.1 Å². The molecule has 0 atom stereocenters. The second-order valence-corrected chi connectivity index (χ2v) is 4.25. The summed E-state index contributed by atoms with van der Waals surface area (Å²) in [7, 11) is 1.89. The SMILES string of the molecule is Cc1nc2cc(-c3cnn(C)c3CN)ccc2o1. The van der Waals surface area contributed by atoms with Gasteiger partial charge < -0.3 is 10.2 Å². The second-order valence-electron chi connectivity index (χ2n) is 4.25. The minimum absolute atomic E-state index is 0.460. The van der Waals surface area contributed by atoms with Gasteiger partial charge in [-0.3, -0.25) is 4.68 Å². The van der Waals surface area contributed by atoms with Gasteiger partial charge in [-0.15, -0.1) is 0 Å². The van der Waals surface area contributed by atoms with E-state index in [0.717, 1.165) is 27.9 Å². The monoisotopic (exact) mass is 242 g/mol. The van der Waals surface area contributed by atoms with E-state index in [9.17, 15) is 0 Å². The zero-order valence-corrected chi connectivity index (χ0v) is 10.3. The Morgan fingerprint density at radius 2 is 2.22 bits per heavy atom. The van der Waals surface area contributed by atoms with Gasteiger partial charge in [0.1, 0.15) is 5.52 Å². The summed E-state index contributed by atoms with van der Waals surface area (Å²) in [4.78, 5) is 4.34. The van der Waals surface area contributed by atoms with E-state index >= 15 is 0 Å². The fourth-order valence-corrected chi connectivity index (χ4v) is 2.16. The van der Waals surface area contributed by atoms with Crippen molar-refractivity contribution in [3.05, 3.63) is 36.0 Å². The third-order valence-corrected chi connectivity index (χ3v) is 3.06. The highest BCUT2D eigenvalue weighted by Crippen LogP contribution is 2.26. The molecule has 5 nitrogen and oxygen atoms in total. The first-order chi connectivity index (χ1) is 8.69. The minimum Gasteiger partial charge on any atom is -0.441 e. The number of aryl methyl sites for hydroxylation is 2. The predicted molar refractivity (Wildman–Crippen MR) is 68.8 cm³/mol. The summed E-state index contributed by atoms with van der Waals surface area (Å²) in [5.41, 5.74) is 10.5. The number of aromatic nitrogens is 3. The van der Waals surface area contributed by atoms with Crippen molar-refractivity contribution in [2.75, 3.05) is 0 Å². The van der Waals surface area contributed by atoms with Crippen LogP contribution in [0.4, 0.5) is 0 Å². The normalized spacial score (nSPS) is 11.3. The Bertz CT molecular complexity index is 711. The molecule has 0 saturated carbocycles. The van der Waals surface area contributed by atoms with Crippen LogP contribution in [0.5, 0.6) is 0 Å². The van der Waals surface area contributed by atoms with E-state index in [2.05, 4.69) is 10.1 Å². The van der Waals surface area contributed by atoms with Crippen LogP contribution in [0.15, 0.2) is 28.8 Å². The van der Waals surface area contributed by atoms with Crippen LogP contribution < -0.4 is 5.73 Å². The van der Waals surface area contributed by atoms with Gasteiger partial charge in [-0.2, -0.15) is 5.10 Å². The van der Waals surface area contributed by atoms with E-state index in [0.29, 0.717) is 12.4 Å². The lowest BCUT2D eigenvalue weighted by Crippen LogP contribution is -2.05. The molecule has 2 heterocycles. The number of oxazole rings is 1. The maximum atomic E-state index is 5.76. The van der Waals surface area contributed by atoms with Gasteiger partial charge >= 0.3 is 0 Å². The number of nitrogens with zero attached hydrogens (tertiary/aromatic N) is 3. The zero-order chi connectivity index (χ0) is 12.7. The van der Waals surface area contributed by atoms with Crippen LogP contribution in [-0.4, -0.2) is 14.8 Å². The molecule has 0 aliphatic rings. The van der Waals surface area contributed by atoms with Crippen LogP contribution in [0.2, 0.25) is 0 Å². The summed E-state index contributed by atoms with van der Waals surface area (Å²) in [5, 5.41) is 4.24. The maximum Gasteiger partial charge on any atom is 0.192 e. The fourth-order valence-electron chi connectivity index (χ4n) is 2.16. The quantitative estimate of drug-likeness (QED) is 0.746. The molecule has 3 aromatic rings. The fraction of sp³-hybridized carbons (Fsp3) is 0.231. The molecular formula is C13H14N4O. The first kappa shape index (κ1) is 11.0. The summed E-state index contributed by atoms with van der Waals surface area (Å²) in [5.74, 6) is 0.674. The van der Waals surface area contributed by atoms with E-state index in [4.69, 9.17) is 10.2 Å². The van der Waals surface area contributed by atoms with E-state index in [-0.39, 0.29) is 0 Å². The topological polar surface area (TPSA) is 69.9 Å². The molecule has 18 heavy (non-hydrogen) atoms. The third kappa shape index (κ3) is 1.60. The molecule has 92 valence electrons. The molecule has 3 rings (SSSR count). The average Bonchev–Trinajstić information content (AvgIpc) is 2.89. The second kappa shape index (κ2) is 3.96. The number of hydrogen-bond donors (Lipinski definition) is 1. The number of benzene rings is 1. The number of rotatable bonds is 2. The van der Waals surface area contributed by atoms with Gasteiger partial charge in [0.25, 0.3) is 0 Å². The summed E-state index contributed by atoms with van der Waals surface area (Å²) < 4.78 is 7.26. The molecule has 0 radical (unpaired) electrons. The molecule has 0 bridgehead atoms. The molecule has 0 fully saturated rings. The standard InChI is InChI=1S/C13H14N4O/c1-8-16-11-5-9(3-4-13(11)18-8)10-7-15-17(2)12(10)6-14/h3-5,7H,6,14H2,1-2H3. The van der Waals surface area contributed by atoms with Crippen LogP contribution in [0.1, 0.15) is 11.6 Å². The van der Waals surface area contributed by atoms with E-state index in [1.54, 1.807) is 4.68 Å². The number of nitrogens with two attached hydrogens (primary N) is 1. The van der Waals surface area contributed by atoms with Crippen molar-refractivity contribution in [1.29, 1.82) is 0 Å². The Balaban J connectivity index is 2.18. The van der Waals surface area contributed by atoms with Crippen molar-refractivity contribution in [2.24, 2.45) is 12.8 Å². The number of fused-ring (bicyclic) bond motifs is 1. The van der Waals surface area contributed by atoms with Crippen molar-refractivity contribution < 1.29 is 4.42 Å². The highest BCUT2D eigenvalue weighted by molar-refractivity contribution is 5.80. The Morgan fingerprint density at radius 3 is 3.00 bits per heavy atom. The predicted octanol–water partition coefficient (Wildman–Crippen LogP) is 2.00. The van der Waals surface area contributed by atoms with E-state index in [1.807, 2.05) is 38.4 Å². The minimum atomic E-state index is 0.460. The van der Waals surface area contributed by atoms with Gasteiger partial charge in [0.2, 0.25) is 0 Å². The Hall–Kier alpha value is -2.14. The smallest absolute Gasteiger partial charge is 0.192 e. The summed E-state index contributed by atoms with van der Waals surface area (Å²) >= 11 is 0. The van der Waals surface area contributed by atoms with E-state index < -0.39 is 0 Å². The van der Waals surface area contributed by atoms with Crippen LogP contribution in [0, 0.1) is 6.92 Å². The molecule has 0 amide bonds. The van der Waals surface area contributed by atoms with Crippen molar-refractivity contribution in [2.45, 2.75) is 13.5 Å². The molecule has 5 heteroatoms. The van der Waals surface area contributed by atoms with Gasteiger partial charge in [-0.25, -0.2) is 4.98 Å². The lowest BCUT2D eigenvalue weighted by atomic mass is 10.1. The first-order valence-corrected chi connectivity index (χ1v) is 5.77. The zero-order valence-electron chi connectivity index (χ0n) is 10.3. The number of hydrogen-bond acceptors (Lipinski definition) is 4. The van der Waals surface area contributed by atoms with E-state index in [1.165, 1.54) is 0 Å². The molecule has 0 spiro atoms. The van der Waals surface area contributed by atoms with Crippen LogP contribution in [0.3, 0.4) is 0 Å². The van der Waals surface area contributed by atoms with Gasteiger partial charge in [0, 0.05) is 26.1 Å². The van der Waals surface area contributed by atoms with Crippen LogP contribution >= 0.6 is 0 Å². The van der Waals surface area contributed by atoms with Gasteiger partial charge in [-0.05, 0) is 17.7 Å². The molecule has 2 N–H and O–H groups in total. The molecule has 0 aliphatic carbocycles. The van der Waals surface area contributed by atoms with Gasteiger partial charge in [0.15, 0.2) is 11.5 Å². The van der Waals surface area contributed by atoms with Crippen LogP contribution in [-0.2, 0) is 13.6 Å². The Morgan fingerprint density at radius 1 is 1.39 bits per heavy atom. The molecule has 1 aromatic carbocycles. The molecule has 0 unspecified atom stereocenters. The summed E-state index contributed by atoms with van der Waals surface area (Å²) in [6.45, 7) is 2.30. The summed E-state index contributed by atoms with van der Waals surface area (Å²) in [6, 6.07) is 5.93. The first-order valence-electron chi connectivity index (χ1n) is 5.77. The van der Waals surface area contributed by atoms with Crippen LogP contribution in [0.25, 0.3) is 22.2 Å². The molecular weight excluding hydrogens is 228 g/mol. The lowest BCUT2D eigenvalue weighted by molar-refractivity contribution is 0.561. The Labute approximate surface area is 104 Å². The van der Waals surface area contributed by atoms with Gasteiger partial charge in [-0.1, -0.05) is 6.07 Å². The lowest BCUT2D eigenvalue weighted by Gasteiger charge is -2.03. The third-order valence-electron chi connectivity index (χ3n) is 3.06. The average molecular weight is 242 g/mol. The van der Waals surface area contributed by atoms with Gasteiger partial charge in [0.05, 0.1) is 11.9 Å². The Kier molecular flexibility index (Phi) is 2.41. The van der Waals surface area contributed by atoms with Crippen molar-refractivity contribution in [3.63, 3.8) is 0 Å².